The Kier molecular flexibility index (Phi) is 5.02. The topological polar surface area (TPSA) is 42.0 Å². The fraction of sp³-hybridized carbons (Fsp3) is 0.143. The lowest BCUT2D eigenvalue weighted by atomic mass is 10.0. The second kappa shape index (κ2) is 7.55. The first-order valence-electron chi connectivity index (χ1n) is 8.03. The highest BCUT2D eigenvalue weighted by Gasteiger charge is 2.07. The molecule has 24 heavy (non-hydrogen) atoms. The third-order valence-electron chi connectivity index (χ3n) is 3.95. The molecule has 0 bridgehead atoms. The predicted molar refractivity (Wildman–Crippen MR) is 96.4 cm³/mol. The van der Waals surface area contributed by atoms with Crippen LogP contribution in [0.25, 0.3) is 11.1 Å². The predicted octanol–water partition coefficient (Wildman–Crippen LogP) is 3.92. The van der Waals surface area contributed by atoms with Crippen molar-refractivity contribution in [2.45, 2.75) is 19.9 Å². The number of benzene rings is 2. The molecule has 0 aliphatic heterocycles. The van der Waals surface area contributed by atoms with E-state index in [-0.39, 0.29) is 5.91 Å². The summed E-state index contributed by atoms with van der Waals surface area (Å²) in [5, 5.41) is 3.01. The van der Waals surface area contributed by atoms with Crippen LogP contribution in [0.4, 0.5) is 0 Å². The molecule has 3 rings (SSSR count). The van der Waals surface area contributed by atoms with E-state index < -0.39 is 0 Å². The van der Waals surface area contributed by atoms with Crippen LogP contribution in [-0.4, -0.2) is 10.9 Å². The van der Waals surface area contributed by atoms with E-state index in [0.717, 1.165) is 22.3 Å². The minimum absolute atomic E-state index is 0.0276. The fourth-order valence-corrected chi connectivity index (χ4v) is 2.63. The molecule has 0 atom stereocenters. The Morgan fingerprint density at radius 2 is 1.79 bits per heavy atom. The summed E-state index contributed by atoms with van der Waals surface area (Å²) < 4.78 is 0. The number of nitrogens with one attached hydrogen (secondary N) is 1. The number of carbonyl (C=O) groups excluding carboxylic acids is 1. The summed E-state index contributed by atoms with van der Waals surface area (Å²) in [6, 6.07) is 20.1. The lowest BCUT2D eigenvalue weighted by Gasteiger charge is -2.11. The van der Waals surface area contributed by atoms with Crippen molar-refractivity contribution in [2.24, 2.45) is 0 Å². The summed E-state index contributed by atoms with van der Waals surface area (Å²) in [5.41, 5.74) is 5.47. The van der Waals surface area contributed by atoms with E-state index >= 15 is 0 Å². The van der Waals surface area contributed by atoms with E-state index in [1.807, 2.05) is 67.7 Å². The Morgan fingerprint density at radius 3 is 2.54 bits per heavy atom. The molecule has 3 heteroatoms. The van der Waals surface area contributed by atoms with Gasteiger partial charge in [-0.15, -0.1) is 0 Å². The van der Waals surface area contributed by atoms with Gasteiger partial charge in [-0.2, -0.15) is 0 Å². The molecule has 120 valence electrons. The average molecular weight is 316 g/mol. The van der Waals surface area contributed by atoms with Gasteiger partial charge < -0.3 is 5.32 Å². The van der Waals surface area contributed by atoms with Gasteiger partial charge in [-0.3, -0.25) is 9.78 Å². The third-order valence-corrected chi connectivity index (χ3v) is 3.95. The monoisotopic (exact) mass is 316 g/mol. The number of aryl methyl sites for hydroxylation is 1. The normalized spacial score (nSPS) is 10.4. The molecule has 1 heterocycles. The zero-order valence-corrected chi connectivity index (χ0v) is 13.7. The van der Waals surface area contributed by atoms with Crippen LogP contribution in [-0.2, 0) is 17.8 Å². The van der Waals surface area contributed by atoms with Gasteiger partial charge in [0.05, 0.1) is 6.42 Å². The third kappa shape index (κ3) is 4.07. The first kappa shape index (κ1) is 15.9. The van der Waals surface area contributed by atoms with Gasteiger partial charge in [0.15, 0.2) is 0 Å². The highest BCUT2D eigenvalue weighted by Crippen LogP contribution is 2.22. The smallest absolute Gasteiger partial charge is 0.224 e. The maximum Gasteiger partial charge on any atom is 0.224 e. The molecule has 0 spiro atoms. The van der Waals surface area contributed by atoms with Crippen molar-refractivity contribution < 1.29 is 4.79 Å². The molecule has 1 amide bonds. The zero-order chi connectivity index (χ0) is 16.8. The summed E-state index contributed by atoms with van der Waals surface area (Å²) >= 11 is 0. The van der Waals surface area contributed by atoms with Crippen molar-refractivity contribution in [2.75, 3.05) is 0 Å². The van der Waals surface area contributed by atoms with Crippen LogP contribution in [0.3, 0.4) is 0 Å². The molecule has 0 saturated heterocycles. The average Bonchev–Trinajstić information content (AvgIpc) is 2.63. The van der Waals surface area contributed by atoms with E-state index in [4.69, 9.17) is 0 Å². The van der Waals surface area contributed by atoms with Gasteiger partial charge in [0.2, 0.25) is 5.91 Å². The Bertz CT molecular complexity index is 811. The van der Waals surface area contributed by atoms with Gasteiger partial charge in [-0.1, -0.05) is 60.2 Å². The zero-order valence-electron chi connectivity index (χ0n) is 13.7. The van der Waals surface area contributed by atoms with Crippen LogP contribution in [0.1, 0.15) is 16.7 Å². The molecule has 3 nitrogen and oxygen atoms in total. The first-order chi connectivity index (χ1) is 11.7. The number of rotatable bonds is 5. The molecule has 0 radical (unpaired) electrons. The largest absolute Gasteiger partial charge is 0.352 e. The van der Waals surface area contributed by atoms with Crippen LogP contribution in [0, 0.1) is 6.92 Å². The molecule has 1 aromatic heterocycles. The fourth-order valence-electron chi connectivity index (χ4n) is 2.63. The van der Waals surface area contributed by atoms with Gasteiger partial charge in [0.1, 0.15) is 0 Å². The second-order valence-electron chi connectivity index (χ2n) is 5.84. The van der Waals surface area contributed by atoms with Crippen LogP contribution >= 0.6 is 0 Å². The van der Waals surface area contributed by atoms with Crippen molar-refractivity contribution in [3.63, 3.8) is 0 Å². The highest BCUT2D eigenvalue weighted by atomic mass is 16.1. The van der Waals surface area contributed by atoms with Gasteiger partial charge >= 0.3 is 0 Å². The molecule has 0 unspecified atom stereocenters. The molecule has 1 N–H and O–H groups in total. The maximum atomic E-state index is 12.2. The minimum Gasteiger partial charge on any atom is -0.352 e. The number of amides is 1. The van der Waals surface area contributed by atoms with Crippen LogP contribution < -0.4 is 5.32 Å². The molecular weight excluding hydrogens is 296 g/mol. The van der Waals surface area contributed by atoms with Crippen molar-refractivity contribution in [3.05, 3.63) is 89.7 Å². The lowest BCUT2D eigenvalue weighted by Crippen LogP contribution is -2.24. The van der Waals surface area contributed by atoms with Crippen LogP contribution in [0.15, 0.2) is 73.1 Å². The van der Waals surface area contributed by atoms with Gasteiger partial charge in [0.25, 0.3) is 0 Å². The molecule has 2 aromatic carbocycles. The quantitative estimate of drug-likeness (QED) is 0.775. The summed E-state index contributed by atoms with van der Waals surface area (Å²) in [4.78, 5) is 16.4. The number of hydrogen-bond acceptors (Lipinski definition) is 2. The number of aromatic nitrogens is 1. The number of hydrogen-bond donors (Lipinski definition) is 1. The number of carbonyl (C=O) groups is 1. The van der Waals surface area contributed by atoms with Crippen molar-refractivity contribution in [3.8, 4) is 11.1 Å². The Balaban J connectivity index is 1.66. The molecule has 0 aliphatic rings. The molecule has 3 aromatic rings. The molecular formula is C21H20N2O. The Labute approximate surface area is 142 Å². The van der Waals surface area contributed by atoms with E-state index in [1.165, 1.54) is 5.56 Å². The lowest BCUT2D eigenvalue weighted by molar-refractivity contribution is -0.120. The summed E-state index contributed by atoms with van der Waals surface area (Å²) in [7, 11) is 0. The van der Waals surface area contributed by atoms with Crippen molar-refractivity contribution in [1.82, 2.24) is 10.3 Å². The minimum atomic E-state index is 0.0276. The SMILES string of the molecule is Cc1ccc(CC(=O)NCc2ccccc2-c2cccnc2)cc1. The van der Waals surface area contributed by atoms with Crippen molar-refractivity contribution >= 4 is 5.91 Å². The van der Waals surface area contributed by atoms with E-state index in [9.17, 15) is 4.79 Å². The van der Waals surface area contributed by atoms with Gasteiger partial charge in [0, 0.05) is 24.5 Å². The van der Waals surface area contributed by atoms with E-state index in [1.54, 1.807) is 6.20 Å². The first-order valence-corrected chi connectivity index (χ1v) is 8.03. The Hall–Kier alpha value is -2.94. The molecule has 0 fully saturated rings. The molecule has 0 aliphatic carbocycles. The summed E-state index contributed by atoms with van der Waals surface area (Å²) in [6.45, 7) is 2.55. The van der Waals surface area contributed by atoms with E-state index in [0.29, 0.717) is 13.0 Å². The summed E-state index contributed by atoms with van der Waals surface area (Å²) in [6.07, 6.45) is 4.00. The maximum absolute atomic E-state index is 12.2. The summed E-state index contributed by atoms with van der Waals surface area (Å²) in [5.74, 6) is 0.0276. The number of pyridine rings is 1. The number of nitrogens with zero attached hydrogens (tertiary/aromatic N) is 1. The second-order valence-corrected chi connectivity index (χ2v) is 5.84. The van der Waals surface area contributed by atoms with E-state index in [2.05, 4.69) is 16.4 Å². The van der Waals surface area contributed by atoms with Gasteiger partial charge in [-0.05, 0) is 29.7 Å². The van der Waals surface area contributed by atoms with Crippen molar-refractivity contribution in [1.29, 1.82) is 0 Å². The molecule has 0 saturated carbocycles. The van der Waals surface area contributed by atoms with Crippen LogP contribution in [0.5, 0.6) is 0 Å². The van der Waals surface area contributed by atoms with Gasteiger partial charge in [-0.25, -0.2) is 0 Å². The Morgan fingerprint density at radius 1 is 1.00 bits per heavy atom. The standard InChI is InChI=1S/C21H20N2O/c1-16-8-10-17(11-9-16)13-21(24)23-15-19-5-2-3-7-20(19)18-6-4-12-22-14-18/h2-12,14H,13,15H2,1H3,(H,23,24). The highest BCUT2D eigenvalue weighted by molar-refractivity contribution is 5.79. The van der Waals surface area contributed by atoms with Crippen LogP contribution in [0.2, 0.25) is 0 Å².